The number of rotatable bonds is 11. The average molecular weight is 435 g/mol. The predicted octanol–water partition coefficient (Wildman–Crippen LogP) is 7.77. The van der Waals surface area contributed by atoms with Crippen LogP contribution in [-0.4, -0.2) is 18.4 Å². The molecule has 0 heterocycles. The van der Waals surface area contributed by atoms with Crippen LogP contribution in [-0.2, 0) is 15.5 Å². The Hall–Kier alpha value is -1.51. The van der Waals surface area contributed by atoms with Crippen LogP contribution in [0.5, 0.6) is 11.5 Å². The SMILES string of the molecule is C=C(C)C1CCC(C)=CC1c1c(O)cc(CCCCC)cc1OP(C)(=O)OCCC. The highest BCUT2D eigenvalue weighted by atomic mass is 31.2. The number of allylic oxidation sites excluding steroid dienone is 3. The zero-order valence-corrected chi connectivity index (χ0v) is 20.3. The van der Waals surface area contributed by atoms with Gasteiger partial charge in [0.2, 0.25) is 0 Å². The summed E-state index contributed by atoms with van der Waals surface area (Å²) in [6.45, 7) is 14.4. The molecule has 0 spiro atoms. The first-order chi connectivity index (χ1) is 14.2. The molecule has 3 unspecified atom stereocenters. The van der Waals surface area contributed by atoms with Gasteiger partial charge in [-0.2, -0.15) is 0 Å². The molecule has 4 nitrogen and oxygen atoms in total. The molecule has 1 N–H and O–H groups in total. The molecule has 0 amide bonds. The number of aromatic hydroxyl groups is 1. The van der Waals surface area contributed by atoms with Crippen molar-refractivity contribution in [2.45, 2.75) is 78.6 Å². The molecule has 1 aromatic carbocycles. The monoisotopic (exact) mass is 434 g/mol. The van der Waals surface area contributed by atoms with E-state index in [2.05, 4.69) is 26.5 Å². The van der Waals surface area contributed by atoms with E-state index in [0.717, 1.165) is 56.1 Å². The summed E-state index contributed by atoms with van der Waals surface area (Å²) in [7, 11) is -3.29. The van der Waals surface area contributed by atoms with Gasteiger partial charge in [-0.3, -0.25) is 4.52 Å². The van der Waals surface area contributed by atoms with Gasteiger partial charge in [-0.25, -0.2) is 4.57 Å². The van der Waals surface area contributed by atoms with Crippen molar-refractivity contribution in [3.05, 3.63) is 47.1 Å². The van der Waals surface area contributed by atoms with E-state index in [4.69, 9.17) is 9.05 Å². The number of hydrogen-bond acceptors (Lipinski definition) is 4. The van der Waals surface area contributed by atoms with Crippen LogP contribution in [0.2, 0.25) is 0 Å². The maximum Gasteiger partial charge on any atom is 0.376 e. The van der Waals surface area contributed by atoms with Gasteiger partial charge < -0.3 is 9.63 Å². The fraction of sp³-hybridized carbons (Fsp3) is 0.600. The number of phenolic OH excluding ortho intramolecular Hbond substituents is 1. The third kappa shape index (κ3) is 6.75. The van der Waals surface area contributed by atoms with Gasteiger partial charge in [0.1, 0.15) is 11.5 Å². The van der Waals surface area contributed by atoms with Crippen molar-refractivity contribution >= 4 is 7.60 Å². The molecule has 1 aliphatic rings. The number of hydrogen-bond donors (Lipinski definition) is 1. The summed E-state index contributed by atoms with van der Waals surface area (Å²) in [4.78, 5) is 0. The van der Waals surface area contributed by atoms with E-state index in [9.17, 15) is 9.67 Å². The third-order valence-corrected chi connectivity index (χ3v) is 6.94. The second kappa shape index (κ2) is 11.2. The van der Waals surface area contributed by atoms with E-state index in [0.29, 0.717) is 17.9 Å². The predicted molar refractivity (Wildman–Crippen MR) is 126 cm³/mol. The Morgan fingerprint density at radius 3 is 2.63 bits per heavy atom. The summed E-state index contributed by atoms with van der Waals surface area (Å²) in [5, 5.41) is 11.1. The van der Waals surface area contributed by atoms with Crippen LogP contribution < -0.4 is 4.52 Å². The van der Waals surface area contributed by atoms with E-state index < -0.39 is 7.60 Å². The molecular weight excluding hydrogens is 395 g/mol. The van der Waals surface area contributed by atoms with Crippen LogP contribution >= 0.6 is 7.60 Å². The molecule has 0 saturated heterocycles. The summed E-state index contributed by atoms with van der Waals surface area (Å²) in [6, 6.07) is 3.79. The van der Waals surface area contributed by atoms with E-state index in [1.165, 1.54) is 12.2 Å². The maximum atomic E-state index is 13.0. The Morgan fingerprint density at radius 1 is 1.27 bits per heavy atom. The molecule has 1 aromatic rings. The minimum absolute atomic E-state index is 0.0536. The van der Waals surface area contributed by atoms with E-state index in [-0.39, 0.29) is 17.6 Å². The highest BCUT2D eigenvalue weighted by molar-refractivity contribution is 7.53. The van der Waals surface area contributed by atoms with Crippen molar-refractivity contribution in [2.24, 2.45) is 5.92 Å². The van der Waals surface area contributed by atoms with Crippen molar-refractivity contribution in [1.29, 1.82) is 0 Å². The number of benzene rings is 1. The zero-order chi connectivity index (χ0) is 22.3. The molecule has 3 atom stereocenters. The van der Waals surface area contributed by atoms with Crippen LogP contribution in [0.1, 0.15) is 83.3 Å². The summed E-state index contributed by atoms with van der Waals surface area (Å²) >= 11 is 0. The zero-order valence-electron chi connectivity index (χ0n) is 19.4. The van der Waals surface area contributed by atoms with Crippen molar-refractivity contribution in [3.8, 4) is 11.5 Å². The first-order valence-corrected chi connectivity index (χ1v) is 13.3. The lowest BCUT2D eigenvalue weighted by molar-refractivity contribution is 0.268. The van der Waals surface area contributed by atoms with Gasteiger partial charge in [0, 0.05) is 18.1 Å². The fourth-order valence-corrected chi connectivity index (χ4v) is 5.24. The molecule has 1 aliphatic carbocycles. The van der Waals surface area contributed by atoms with Crippen molar-refractivity contribution < 1.29 is 18.7 Å². The molecule has 0 aliphatic heterocycles. The minimum Gasteiger partial charge on any atom is -0.507 e. The second-order valence-corrected chi connectivity index (χ2v) is 10.7. The highest BCUT2D eigenvalue weighted by Crippen LogP contribution is 2.52. The number of aryl methyl sites for hydroxylation is 1. The van der Waals surface area contributed by atoms with E-state index in [1.807, 2.05) is 26.0 Å². The van der Waals surface area contributed by atoms with Crippen LogP contribution in [0.3, 0.4) is 0 Å². The van der Waals surface area contributed by atoms with Crippen molar-refractivity contribution in [1.82, 2.24) is 0 Å². The summed E-state index contributed by atoms with van der Waals surface area (Å²) < 4.78 is 24.5. The lowest BCUT2D eigenvalue weighted by Crippen LogP contribution is -2.18. The molecule has 0 aromatic heterocycles. The lowest BCUT2D eigenvalue weighted by atomic mass is 9.73. The maximum absolute atomic E-state index is 13.0. The Morgan fingerprint density at radius 2 is 2.00 bits per heavy atom. The van der Waals surface area contributed by atoms with Crippen molar-refractivity contribution in [2.75, 3.05) is 13.3 Å². The minimum atomic E-state index is -3.29. The topological polar surface area (TPSA) is 55.8 Å². The number of phenols is 1. The van der Waals surface area contributed by atoms with Gasteiger partial charge in [-0.1, -0.05) is 50.5 Å². The van der Waals surface area contributed by atoms with Crippen molar-refractivity contribution in [3.63, 3.8) is 0 Å². The van der Waals surface area contributed by atoms with Gasteiger partial charge in [-0.05, 0) is 69.6 Å². The highest BCUT2D eigenvalue weighted by Gasteiger charge is 2.32. The largest absolute Gasteiger partial charge is 0.507 e. The van der Waals surface area contributed by atoms with Gasteiger partial charge >= 0.3 is 7.60 Å². The van der Waals surface area contributed by atoms with Crippen LogP contribution in [0.25, 0.3) is 0 Å². The Kier molecular flexibility index (Phi) is 9.25. The van der Waals surface area contributed by atoms with Crippen LogP contribution in [0.4, 0.5) is 0 Å². The average Bonchev–Trinajstić information content (AvgIpc) is 2.66. The molecule has 0 saturated carbocycles. The third-order valence-electron chi connectivity index (χ3n) is 5.76. The first kappa shape index (κ1) is 24.8. The summed E-state index contributed by atoms with van der Waals surface area (Å²) in [6.07, 6.45) is 9.13. The molecule has 168 valence electrons. The van der Waals surface area contributed by atoms with E-state index in [1.54, 1.807) is 0 Å². The summed E-state index contributed by atoms with van der Waals surface area (Å²) in [5.74, 6) is 0.838. The van der Waals surface area contributed by atoms with Gasteiger partial charge in [0.15, 0.2) is 0 Å². The molecule has 0 radical (unpaired) electrons. The van der Waals surface area contributed by atoms with Crippen LogP contribution in [0.15, 0.2) is 35.9 Å². The number of unbranched alkanes of at least 4 members (excludes halogenated alkanes) is 2. The van der Waals surface area contributed by atoms with Gasteiger partial charge in [0.25, 0.3) is 0 Å². The molecule has 2 rings (SSSR count). The molecule has 30 heavy (non-hydrogen) atoms. The second-order valence-electron chi connectivity index (χ2n) is 8.71. The summed E-state index contributed by atoms with van der Waals surface area (Å²) in [5.41, 5.74) is 4.07. The fourth-order valence-electron chi connectivity index (χ4n) is 4.17. The normalized spacial score (nSPS) is 21.0. The van der Waals surface area contributed by atoms with Gasteiger partial charge in [-0.15, -0.1) is 0 Å². The molecular formula is C25H39O4P. The first-order valence-electron chi connectivity index (χ1n) is 11.3. The lowest BCUT2D eigenvalue weighted by Gasteiger charge is -2.32. The standard InChI is InChI=1S/C25H39O4P/c1-7-9-10-11-20-16-23(26)25(22-15-19(5)12-13-21(22)18(3)4)24(17-20)29-30(6,27)28-14-8-2/h15-17,21-22,26H,3,7-14H2,1-2,4-6H3. The van der Waals surface area contributed by atoms with Gasteiger partial charge in [0.05, 0.1) is 6.61 Å². The Balaban J connectivity index is 2.52. The quantitative estimate of drug-likeness (QED) is 0.220. The van der Waals surface area contributed by atoms with Crippen LogP contribution in [0, 0.1) is 5.92 Å². The smallest absolute Gasteiger partial charge is 0.376 e. The molecule has 5 heteroatoms. The molecule has 0 fully saturated rings. The molecule has 0 bridgehead atoms. The van der Waals surface area contributed by atoms with E-state index >= 15 is 0 Å². The Labute approximate surface area is 182 Å². The Bertz CT molecular complexity index is 812.